The van der Waals surface area contributed by atoms with Gasteiger partial charge in [-0.2, -0.15) is 0 Å². The molecule has 2 aromatic carbocycles. The minimum Gasteiger partial charge on any atom is -0.508 e. The maximum Gasteiger partial charge on any atom is 0.344 e. The Kier molecular flexibility index (Phi) is 2.36. The zero-order valence-electron chi connectivity index (χ0n) is 11.1. The van der Waals surface area contributed by atoms with E-state index in [1.165, 1.54) is 24.3 Å². The first kappa shape index (κ1) is 12.5. The molecule has 0 aliphatic heterocycles. The molecular formula is C17H8O5. The summed E-state index contributed by atoms with van der Waals surface area (Å²) < 4.78 is 5.20. The smallest absolute Gasteiger partial charge is 0.344 e. The lowest BCUT2D eigenvalue weighted by Crippen LogP contribution is -2.16. The predicted octanol–water partition coefficient (Wildman–Crippen LogP) is 2.59. The Labute approximate surface area is 123 Å². The van der Waals surface area contributed by atoms with Crippen LogP contribution in [0.25, 0.3) is 21.7 Å². The lowest BCUT2D eigenvalue weighted by atomic mass is 9.90. The average Bonchev–Trinajstić information content (AvgIpc) is 2.50. The van der Waals surface area contributed by atoms with Crippen molar-refractivity contribution in [1.82, 2.24) is 0 Å². The molecule has 4 rings (SSSR count). The fourth-order valence-corrected chi connectivity index (χ4v) is 2.79. The van der Waals surface area contributed by atoms with Crippen LogP contribution in [0.5, 0.6) is 5.75 Å². The van der Waals surface area contributed by atoms with Gasteiger partial charge < -0.3 is 9.52 Å². The Morgan fingerprint density at radius 2 is 1.59 bits per heavy atom. The molecule has 0 saturated heterocycles. The van der Waals surface area contributed by atoms with Gasteiger partial charge in [-0.25, -0.2) is 4.79 Å². The SMILES string of the molecule is O=C1C=CC(=O)c2c1ccc1c2c(=O)oc2cc(O)ccc21. The van der Waals surface area contributed by atoms with Gasteiger partial charge in [0.25, 0.3) is 0 Å². The van der Waals surface area contributed by atoms with Crippen LogP contribution in [-0.2, 0) is 0 Å². The summed E-state index contributed by atoms with van der Waals surface area (Å²) in [6, 6.07) is 7.56. The number of rotatable bonds is 0. The van der Waals surface area contributed by atoms with Gasteiger partial charge in [-0.1, -0.05) is 6.07 Å². The van der Waals surface area contributed by atoms with Gasteiger partial charge in [0.1, 0.15) is 11.3 Å². The molecule has 22 heavy (non-hydrogen) atoms. The standard InChI is InChI=1S/C17H8O5/c18-8-1-2-9-10-3-4-11-12(19)5-6-13(20)15(11)16(10)17(21)22-14(9)7-8/h1-7,18H. The molecule has 0 unspecified atom stereocenters. The van der Waals surface area contributed by atoms with Crippen molar-refractivity contribution in [3.63, 3.8) is 0 Å². The van der Waals surface area contributed by atoms with Gasteiger partial charge >= 0.3 is 5.63 Å². The van der Waals surface area contributed by atoms with Crippen molar-refractivity contribution in [2.45, 2.75) is 0 Å². The summed E-state index contributed by atoms with van der Waals surface area (Å²) in [6.45, 7) is 0. The third kappa shape index (κ3) is 1.56. The largest absolute Gasteiger partial charge is 0.508 e. The van der Waals surface area contributed by atoms with E-state index in [9.17, 15) is 19.5 Å². The highest BCUT2D eigenvalue weighted by Crippen LogP contribution is 2.30. The van der Waals surface area contributed by atoms with E-state index in [4.69, 9.17) is 4.42 Å². The van der Waals surface area contributed by atoms with Crippen LogP contribution in [0.15, 0.2) is 51.7 Å². The molecule has 1 heterocycles. The summed E-state index contributed by atoms with van der Waals surface area (Å²) in [4.78, 5) is 36.3. The van der Waals surface area contributed by atoms with Crippen molar-refractivity contribution in [2.24, 2.45) is 0 Å². The number of phenols is 1. The molecule has 3 aromatic rings. The zero-order valence-corrected chi connectivity index (χ0v) is 11.1. The second kappa shape index (κ2) is 4.14. The molecule has 5 nitrogen and oxygen atoms in total. The molecular weight excluding hydrogens is 284 g/mol. The topological polar surface area (TPSA) is 84.6 Å². The van der Waals surface area contributed by atoms with Gasteiger partial charge in [0.2, 0.25) is 0 Å². The molecule has 0 radical (unpaired) electrons. The van der Waals surface area contributed by atoms with E-state index >= 15 is 0 Å². The van der Waals surface area contributed by atoms with E-state index < -0.39 is 11.4 Å². The van der Waals surface area contributed by atoms with Crippen LogP contribution >= 0.6 is 0 Å². The maximum atomic E-state index is 12.3. The summed E-state index contributed by atoms with van der Waals surface area (Å²) in [7, 11) is 0. The monoisotopic (exact) mass is 292 g/mol. The van der Waals surface area contributed by atoms with Crippen molar-refractivity contribution >= 4 is 33.3 Å². The van der Waals surface area contributed by atoms with Crippen molar-refractivity contribution in [3.8, 4) is 5.75 Å². The van der Waals surface area contributed by atoms with Crippen LogP contribution in [0.1, 0.15) is 20.7 Å². The fraction of sp³-hybridized carbons (Fsp3) is 0. The number of carbonyl (C=O) groups is 2. The molecule has 0 fully saturated rings. The van der Waals surface area contributed by atoms with E-state index in [1.807, 2.05) is 0 Å². The van der Waals surface area contributed by atoms with Crippen LogP contribution in [0, 0.1) is 0 Å². The van der Waals surface area contributed by atoms with Gasteiger partial charge in [-0.15, -0.1) is 0 Å². The van der Waals surface area contributed by atoms with Crippen LogP contribution in [0.4, 0.5) is 0 Å². The number of hydrogen-bond acceptors (Lipinski definition) is 5. The van der Waals surface area contributed by atoms with Gasteiger partial charge in [0.15, 0.2) is 11.6 Å². The third-order valence-corrected chi connectivity index (χ3v) is 3.77. The quantitative estimate of drug-likeness (QED) is 0.508. The second-order valence-electron chi connectivity index (χ2n) is 5.04. The Balaban J connectivity index is 2.27. The number of phenolic OH excluding ortho intramolecular Hbond substituents is 1. The summed E-state index contributed by atoms with van der Waals surface area (Å²) in [6.07, 6.45) is 2.35. The van der Waals surface area contributed by atoms with E-state index in [2.05, 4.69) is 0 Å². The normalized spacial score (nSPS) is 13.8. The zero-order chi connectivity index (χ0) is 15.4. The van der Waals surface area contributed by atoms with Crippen molar-refractivity contribution in [3.05, 3.63) is 64.0 Å². The minimum absolute atomic E-state index is 0.0258. The van der Waals surface area contributed by atoms with E-state index in [0.717, 1.165) is 6.08 Å². The molecule has 0 saturated carbocycles. The number of fused-ring (bicyclic) bond motifs is 5. The Morgan fingerprint density at radius 1 is 0.864 bits per heavy atom. The molecule has 0 atom stereocenters. The molecule has 1 aromatic heterocycles. The summed E-state index contributed by atoms with van der Waals surface area (Å²) in [5, 5.41) is 10.7. The lowest BCUT2D eigenvalue weighted by Gasteiger charge is -2.12. The molecule has 0 bridgehead atoms. The third-order valence-electron chi connectivity index (χ3n) is 3.77. The van der Waals surface area contributed by atoms with Crippen LogP contribution < -0.4 is 5.63 Å². The first-order valence-electron chi connectivity index (χ1n) is 6.55. The predicted molar refractivity (Wildman–Crippen MR) is 79.5 cm³/mol. The van der Waals surface area contributed by atoms with E-state index in [0.29, 0.717) is 10.8 Å². The van der Waals surface area contributed by atoms with Crippen molar-refractivity contribution < 1.29 is 19.1 Å². The molecule has 1 N–H and O–H groups in total. The fourth-order valence-electron chi connectivity index (χ4n) is 2.79. The van der Waals surface area contributed by atoms with Crippen molar-refractivity contribution in [2.75, 3.05) is 0 Å². The number of benzene rings is 2. The van der Waals surface area contributed by atoms with E-state index in [1.54, 1.807) is 12.1 Å². The van der Waals surface area contributed by atoms with Crippen LogP contribution in [-0.4, -0.2) is 16.7 Å². The number of carbonyl (C=O) groups excluding carboxylic acids is 2. The molecule has 1 aliphatic carbocycles. The van der Waals surface area contributed by atoms with Gasteiger partial charge in [0, 0.05) is 28.0 Å². The molecule has 0 amide bonds. The minimum atomic E-state index is -0.707. The van der Waals surface area contributed by atoms with Gasteiger partial charge in [-0.05, 0) is 30.4 Å². The van der Waals surface area contributed by atoms with Gasteiger partial charge in [0.05, 0.1) is 5.39 Å². The lowest BCUT2D eigenvalue weighted by molar-refractivity contribution is 0.0995. The molecule has 106 valence electrons. The van der Waals surface area contributed by atoms with Crippen LogP contribution in [0.2, 0.25) is 0 Å². The first-order valence-corrected chi connectivity index (χ1v) is 6.55. The Bertz CT molecular complexity index is 1090. The Hall–Kier alpha value is -3.21. The summed E-state index contributed by atoms with van der Waals surface area (Å²) in [5.74, 6) is -0.741. The summed E-state index contributed by atoms with van der Waals surface area (Å²) in [5.41, 5.74) is -0.205. The molecule has 5 heteroatoms. The summed E-state index contributed by atoms with van der Waals surface area (Å²) >= 11 is 0. The van der Waals surface area contributed by atoms with Crippen LogP contribution in [0.3, 0.4) is 0 Å². The van der Waals surface area contributed by atoms with Crippen molar-refractivity contribution in [1.29, 1.82) is 0 Å². The highest BCUT2D eigenvalue weighted by Gasteiger charge is 2.24. The number of hydrogen-bond donors (Lipinski definition) is 1. The maximum absolute atomic E-state index is 12.3. The second-order valence-corrected chi connectivity index (χ2v) is 5.04. The number of aromatic hydroxyl groups is 1. The van der Waals surface area contributed by atoms with Gasteiger partial charge in [-0.3, -0.25) is 9.59 Å². The van der Waals surface area contributed by atoms with E-state index in [-0.39, 0.29) is 33.6 Å². The first-order chi connectivity index (χ1) is 10.6. The highest BCUT2D eigenvalue weighted by atomic mass is 16.4. The number of allylic oxidation sites excluding steroid dienone is 2. The molecule has 0 spiro atoms. The average molecular weight is 292 g/mol. The highest BCUT2D eigenvalue weighted by molar-refractivity contribution is 6.28. The Morgan fingerprint density at radius 3 is 2.41 bits per heavy atom. The molecule has 1 aliphatic rings. The number of ketones is 2.